The van der Waals surface area contributed by atoms with Crippen LogP contribution in [0.15, 0.2) is 4.99 Å². The fourth-order valence-corrected chi connectivity index (χ4v) is 7.38. The average Bonchev–Trinajstić information content (AvgIpc) is 3.41. The molecule has 2 N–H and O–H groups in total. The third kappa shape index (κ3) is 6.15. The molecule has 196 valence electrons. The molecule has 8 nitrogen and oxygen atoms in total. The molecule has 2 unspecified atom stereocenters. The van der Waals surface area contributed by atoms with Crippen molar-refractivity contribution < 1.29 is 19.1 Å². The largest absolute Gasteiger partial charge is 0.444 e. The molecule has 2 saturated carbocycles. The molecular weight excluding hydrogens is 464 g/mol. The molecule has 4 atom stereocenters. The summed E-state index contributed by atoms with van der Waals surface area (Å²) in [5, 5.41) is 7.11. The lowest BCUT2D eigenvalue weighted by molar-refractivity contribution is -0.138. The van der Waals surface area contributed by atoms with Crippen molar-refractivity contribution in [3.8, 4) is 0 Å². The van der Waals surface area contributed by atoms with Gasteiger partial charge in [-0.25, -0.2) is 4.79 Å². The van der Waals surface area contributed by atoms with Gasteiger partial charge >= 0.3 is 6.09 Å². The number of rotatable bonds is 5. The second-order valence-electron chi connectivity index (χ2n) is 12.7. The van der Waals surface area contributed by atoms with Gasteiger partial charge in [-0.1, -0.05) is 18.2 Å². The summed E-state index contributed by atoms with van der Waals surface area (Å²) in [6.45, 7) is 12.1. The topological polar surface area (TPSA) is 100 Å². The molecule has 0 aromatic heterocycles. The Morgan fingerprint density at radius 2 is 1.80 bits per heavy atom. The number of piperidine rings is 1. The molecule has 2 heterocycles. The first-order valence-corrected chi connectivity index (χ1v) is 13.9. The molecular formula is C26H42N4O4S. The van der Waals surface area contributed by atoms with Crippen LogP contribution in [-0.2, 0) is 14.3 Å². The molecule has 0 aromatic carbocycles. The van der Waals surface area contributed by atoms with Crippen LogP contribution in [0, 0.1) is 17.8 Å². The van der Waals surface area contributed by atoms with Gasteiger partial charge in [0, 0.05) is 19.1 Å². The number of ether oxygens (including phenoxy) is 1. The summed E-state index contributed by atoms with van der Waals surface area (Å²) in [5.74, 6) is 1.80. The first-order valence-electron chi connectivity index (χ1n) is 13.1. The van der Waals surface area contributed by atoms with Gasteiger partial charge in [-0.15, -0.1) is 0 Å². The van der Waals surface area contributed by atoms with E-state index in [9.17, 15) is 14.4 Å². The molecule has 35 heavy (non-hydrogen) atoms. The summed E-state index contributed by atoms with van der Waals surface area (Å²) in [6, 6.07) is 0.474. The van der Waals surface area contributed by atoms with Crippen LogP contribution < -0.4 is 10.6 Å². The monoisotopic (exact) mass is 506 g/mol. The van der Waals surface area contributed by atoms with Crippen LogP contribution in [0.1, 0.15) is 86.5 Å². The molecule has 0 spiro atoms. The number of amidine groups is 1. The number of likely N-dealkylation sites (tertiary alicyclic amines) is 1. The zero-order valence-electron chi connectivity index (χ0n) is 22.1. The lowest BCUT2D eigenvalue weighted by atomic mass is 9.86. The van der Waals surface area contributed by atoms with E-state index < -0.39 is 22.0 Å². The number of carbonyl (C=O) groups is 3. The molecule has 2 aliphatic carbocycles. The minimum absolute atomic E-state index is 0.0330. The number of amides is 3. The summed E-state index contributed by atoms with van der Waals surface area (Å²) in [6.07, 6.45) is 7.04. The number of nitrogens with zero attached hydrogens (tertiary/aromatic N) is 2. The maximum atomic E-state index is 13.1. The van der Waals surface area contributed by atoms with E-state index in [4.69, 9.17) is 4.74 Å². The lowest BCUT2D eigenvalue weighted by Gasteiger charge is -2.38. The van der Waals surface area contributed by atoms with E-state index in [1.807, 2.05) is 11.8 Å². The van der Waals surface area contributed by atoms with Gasteiger partial charge < -0.3 is 20.3 Å². The van der Waals surface area contributed by atoms with Crippen LogP contribution in [-0.4, -0.2) is 63.0 Å². The van der Waals surface area contributed by atoms with Crippen molar-refractivity contribution in [3.63, 3.8) is 0 Å². The Morgan fingerprint density at radius 1 is 1.11 bits per heavy atom. The Bertz CT molecular complexity index is 890. The zero-order chi connectivity index (χ0) is 25.6. The van der Waals surface area contributed by atoms with Gasteiger partial charge in [0.1, 0.15) is 15.9 Å². The molecule has 4 rings (SSSR count). The van der Waals surface area contributed by atoms with Gasteiger partial charge in [0.15, 0.2) is 5.17 Å². The maximum Gasteiger partial charge on any atom is 0.408 e. The number of hydrogen-bond acceptors (Lipinski definition) is 6. The standard InChI is InChI=1S/C26H42N4O4S/c1-24(2,3)34-23(33)29-25(4,5)21(32)30-11-9-16(10-12-30)15-26(6)20(31)28-22(35-26)27-19-14-17-7-8-18(19)13-17/h16-19H,7-15H2,1-6H3,(H,29,33)(H,27,28,31)/t17-,18?,19+,26?/m1/s1. The first-order chi connectivity index (χ1) is 16.2. The third-order valence-corrected chi connectivity index (χ3v) is 9.15. The fourth-order valence-electron chi connectivity index (χ4n) is 6.16. The quantitative estimate of drug-likeness (QED) is 0.583. The van der Waals surface area contributed by atoms with Gasteiger partial charge in [0.05, 0.1) is 0 Å². The summed E-state index contributed by atoms with van der Waals surface area (Å²) in [5.41, 5.74) is -1.67. The Balaban J connectivity index is 1.24. The van der Waals surface area contributed by atoms with Gasteiger partial charge in [-0.2, -0.15) is 4.99 Å². The maximum absolute atomic E-state index is 13.1. The second kappa shape index (κ2) is 9.60. The van der Waals surface area contributed by atoms with Crippen molar-refractivity contribution in [2.24, 2.45) is 22.7 Å². The molecule has 2 bridgehead atoms. The van der Waals surface area contributed by atoms with Gasteiger partial charge in [0.25, 0.3) is 5.91 Å². The zero-order valence-corrected chi connectivity index (χ0v) is 22.9. The van der Waals surface area contributed by atoms with Crippen molar-refractivity contribution >= 4 is 34.8 Å². The van der Waals surface area contributed by atoms with Crippen molar-refractivity contribution in [1.82, 2.24) is 15.5 Å². The number of aliphatic imine (C=N–C) groups is 1. The summed E-state index contributed by atoms with van der Waals surface area (Å²) in [7, 11) is 0. The minimum Gasteiger partial charge on any atom is -0.444 e. The van der Waals surface area contributed by atoms with E-state index in [0.29, 0.717) is 25.0 Å². The molecule has 9 heteroatoms. The van der Waals surface area contributed by atoms with Crippen molar-refractivity contribution in [3.05, 3.63) is 0 Å². The van der Waals surface area contributed by atoms with Crippen LogP contribution in [0.5, 0.6) is 0 Å². The van der Waals surface area contributed by atoms with Crippen LogP contribution in [0.2, 0.25) is 0 Å². The SMILES string of the molecule is CC(C)(C)OC(=O)NC(C)(C)C(=O)N1CCC(CC2(C)SC(N[C@H]3C[C@@H]4CCC3C4)=NC2=O)CC1. The number of thioether (sulfide) groups is 1. The number of nitrogens with one attached hydrogen (secondary N) is 2. The van der Waals surface area contributed by atoms with Gasteiger partial charge in [-0.05, 0) is 97.8 Å². The average molecular weight is 507 g/mol. The van der Waals surface area contributed by atoms with Gasteiger partial charge in [0.2, 0.25) is 5.91 Å². The lowest BCUT2D eigenvalue weighted by Crippen LogP contribution is -2.58. The Hall–Kier alpha value is -1.77. The first kappa shape index (κ1) is 26.3. The number of carbonyl (C=O) groups excluding carboxylic acids is 3. The van der Waals surface area contributed by atoms with Crippen LogP contribution in [0.3, 0.4) is 0 Å². The predicted molar refractivity (Wildman–Crippen MR) is 138 cm³/mol. The second-order valence-corrected chi connectivity index (χ2v) is 14.2. The Labute approximate surface area is 213 Å². The van der Waals surface area contributed by atoms with E-state index >= 15 is 0 Å². The van der Waals surface area contributed by atoms with Crippen molar-refractivity contribution in [2.45, 2.75) is 108 Å². The highest BCUT2D eigenvalue weighted by atomic mass is 32.2. The minimum atomic E-state index is -1.05. The fraction of sp³-hybridized carbons (Fsp3) is 0.846. The Kier molecular flexibility index (Phi) is 7.21. The van der Waals surface area contributed by atoms with Gasteiger partial charge in [-0.3, -0.25) is 9.59 Å². The van der Waals surface area contributed by atoms with Crippen LogP contribution in [0.4, 0.5) is 4.79 Å². The molecule has 1 saturated heterocycles. The number of alkyl carbamates (subject to hydrolysis) is 1. The van der Waals surface area contributed by atoms with E-state index in [1.165, 1.54) is 25.7 Å². The van der Waals surface area contributed by atoms with Crippen LogP contribution in [0.25, 0.3) is 0 Å². The summed E-state index contributed by atoms with van der Waals surface area (Å²) >= 11 is 1.60. The summed E-state index contributed by atoms with van der Waals surface area (Å²) < 4.78 is 4.78. The van der Waals surface area contributed by atoms with E-state index in [1.54, 1.807) is 46.4 Å². The molecule has 2 aliphatic heterocycles. The molecule has 3 amide bonds. The molecule has 3 fully saturated rings. The normalized spacial score (nSPS) is 31.5. The van der Waals surface area contributed by atoms with E-state index in [2.05, 4.69) is 15.6 Å². The highest BCUT2D eigenvalue weighted by Gasteiger charge is 2.46. The molecule has 4 aliphatic rings. The highest BCUT2D eigenvalue weighted by Crippen LogP contribution is 2.46. The number of fused-ring (bicyclic) bond motifs is 2. The van der Waals surface area contributed by atoms with Crippen LogP contribution >= 0.6 is 11.8 Å². The number of hydrogen-bond donors (Lipinski definition) is 2. The Morgan fingerprint density at radius 3 is 2.37 bits per heavy atom. The predicted octanol–water partition coefficient (Wildman–Crippen LogP) is 4.08. The van der Waals surface area contributed by atoms with Crippen molar-refractivity contribution in [2.75, 3.05) is 13.1 Å². The van der Waals surface area contributed by atoms with Crippen molar-refractivity contribution in [1.29, 1.82) is 0 Å². The molecule has 0 aromatic rings. The van der Waals surface area contributed by atoms with E-state index in [-0.39, 0.29) is 11.8 Å². The van der Waals surface area contributed by atoms with E-state index in [0.717, 1.165) is 36.3 Å². The highest BCUT2D eigenvalue weighted by molar-refractivity contribution is 8.16. The molecule has 0 radical (unpaired) electrons. The smallest absolute Gasteiger partial charge is 0.408 e. The summed E-state index contributed by atoms with van der Waals surface area (Å²) in [4.78, 5) is 44.4. The third-order valence-electron chi connectivity index (χ3n) is 7.95.